The quantitative estimate of drug-likeness (QED) is 0.856. The van der Waals surface area contributed by atoms with E-state index in [2.05, 4.69) is 5.16 Å². The predicted octanol–water partition coefficient (Wildman–Crippen LogP) is 1.84. The SMILES string of the molecule is Cc1noc(C)c1COc1ccc([SH](=O)=O)cc1. The monoisotopic (exact) mass is 267 g/mol. The lowest BCUT2D eigenvalue weighted by atomic mass is 10.2. The fraction of sp³-hybridized carbons (Fsp3) is 0.250. The molecule has 0 saturated heterocycles. The number of aryl methyl sites for hydroxylation is 2. The second-order valence-corrected chi connectivity index (χ2v) is 4.87. The summed E-state index contributed by atoms with van der Waals surface area (Å²) >= 11 is 0. The van der Waals surface area contributed by atoms with Gasteiger partial charge >= 0.3 is 0 Å². The van der Waals surface area contributed by atoms with Crippen molar-refractivity contribution in [1.82, 2.24) is 5.16 Å². The Balaban J connectivity index is 2.07. The summed E-state index contributed by atoms with van der Waals surface area (Å²) in [6, 6.07) is 6.26. The third-order valence-electron chi connectivity index (χ3n) is 2.61. The molecular formula is C12H13NO4S. The van der Waals surface area contributed by atoms with Crippen LogP contribution in [0.15, 0.2) is 33.7 Å². The lowest BCUT2D eigenvalue weighted by Gasteiger charge is -2.05. The van der Waals surface area contributed by atoms with Gasteiger partial charge < -0.3 is 9.26 Å². The second kappa shape index (κ2) is 5.22. The molecule has 0 spiro atoms. The first-order valence-corrected chi connectivity index (χ1v) is 6.54. The van der Waals surface area contributed by atoms with Crippen LogP contribution < -0.4 is 4.74 Å². The maximum Gasteiger partial charge on any atom is 0.168 e. The van der Waals surface area contributed by atoms with Gasteiger partial charge in [0.05, 0.1) is 16.2 Å². The Morgan fingerprint density at radius 1 is 1.22 bits per heavy atom. The van der Waals surface area contributed by atoms with Crippen molar-refractivity contribution in [2.45, 2.75) is 25.3 Å². The molecule has 0 fully saturated rings. The number of benzene rings is 1. The van der Waals surface area contributed by atoms with Gasteiger partial charge in [0.15, 0.2) is 10.7 Å². The van der Waals surface area contributed by atoms with Gasteiger partial charge in [-0.15, -0.1) is 0 Å². The van der Waals surface area contributed by atoms with Gasteiger partial charge in [-0.25, -0.2) is 8.42 Å². The van der Waals surface area contributed by atoms with Crippen LogP contribution in [0.3, 0.4) is 0 Å². The van der Waals surface area contributed by atoms with E-state index in [4.69, 9.17) is 9.26 Å². The van der Waals surface area contributed by atoms with E-state index in [1.54, 1.807) is 12.1 Å². The third-order valence-corrected chi connectivity index (χ3v) is 3.33. The molecule has 0 amide bonds. The maximum absolute atomic E-state index is 10.7. The number of thiol groups is 1. The molecule has 0 aliphatic rings. The van der Waals surface area contributed by atoms with Gasteiger partial charge in [-0.2, -0.15) is 0 Å². The molecule has 2 rings (SSSR count). The Bertz CT molecular complexity index is 586. The Hall–Kier alpha value is -1.82. The van der Waals surface area contributed by atoms with E-state index in [1.165, 1.54) is 12.1 Å². The van der Waals surface area contributed by atoms with Crippen molar-refractivity contribution in [2.75, 3.05) is 0 Å². The highest BCUT2D eigenvalue weighted by Gasteiger charge is 2.09. The zero-order valence-electron chi connectivity index (χ0n) is 10.0. The van der Waals surface area contributed by atoms with E-state index in [-0.39, 0.29) is 4.90 Å². The molecular weight excluding hydrogens is 254 g/mol. The highest BCUT2D eigenvalue weighted by atomic mass is 32.2. The van der Waals surface area contributed by atoms with Crippen molar-refractivity contribution >= 4 is 10.7 Å². The van der Waals surface area contributed by atoms with Gasteiger partial charge in [0.1, 0.15) is 18.1 Å². The topological polar surface area (TPSA) is 69.4 Å². The summed E-state index contributed by atoms with van der Waals surface area (Å²) in [5, 5.41) is 3.83. The number of hydrogen-bond acceptors (Lipinski definition) is 5. The minimum absolute atomic E-state index is 0.273. The van der Waals surface area contributed by atoms with Gasteiger partial charge in [0, 0.05) is 0 Å². The van der Waals surface area contributed by atoms with E-state index < -0.39 is 10.7 Å². The van der Waals surface area contributed by atoms with E-state index in [9.17, 15) is 8.42 Å². The minimum Gasteiger partial charge on any atom is -0.489 e. The van der Waals surface area contributed by atoms with Crippen molar-refractivity contribution < 1.29 is 17.7 Å². The molecule has 0 unspecified atom stereocenters. The fourth-order valence-corrected chi connectivity index (χ4v) is 1.92. The van der Waals surface area contributed by atoms with Gasteiger partial charge in [0.25, 0.3) is 0 Å². The molecule has 0 N–H and O–H groups in total. The zero-order chi connectivity index (χ0) is 13.1. The summed E-state index contributed by atoms with van der Waals surface area (Å²) in [6.45, 7) is 4.02. The number of aromatic nitrogens is 1. The highest BCUT2D eigenvalue weighted by molar-refractivity contribution is 7.72. The van der Waals surface area contributed by atoms with Crippen molar-refractivity contribution in [1.29, 1.82) is 0 Å². The number of nitrogens with zero attached hydrogens (tertiary/aromatic N) is 1. The molecule has 0 radical (unpaired) electrons. The molecule has 1 aromatic carbocycles. The molecule has 1 aromatic heterocycles. The van der Waals surface area contributed by atoms with Crippen molar-refractivity contribution in [2.24, 2.45) is 0 Å². The number of rotatable bonds is 4. The standard InChI is InChI=1S/C12H13NO4S/c1-8-12(9(2)17-13-8)7-16-10-3-5-11(6-4-10)18(14)15/h3-6,18H,7H2,1-2H3. The third kappa shape index (κ3) is 2.70. The fourth-order valence-electron chi connectivity index (χ4n) is 1.53. The first-order chi connectivity index (χ1) is 8.58. The van der Waals surface area contributed by atoms with Crippen LogP contribution >= 0.6 is 0 Å². The van der Waals surface area contributed by atoms with Crippen LogP contribution in [-0.2, 0) is 17.3 Å². The molecule has 0 saturated carbocycles. The summed E-state index contributed by atoms with van der Waals surface area (Å²) in [5.41, 5.74) is 1.71. The van der Waals surface area contributed by atoms with Crippen molar-refractivity contribution in [3.63, 3.8) is 0 Å². The van der Waals surface area contributed by atoms with Crippen LogP contribution in [0.1, 0.15) is 17.0 Å². The maximum atomic E-state index is 10.7. The second-order valence-electron chi connectivity index (χ2n) is 3.84. The molecule has 0 atom stereocenters. The van der Waals surface area contributed by atoms with Gasteiger partial charge in [-0.05, 0) is 38.1 Å². The van der Waals surface area contributed by atoms with Crippen LogP contribution in [0, 0.1) is 13.8 Å². The van der Waals surface area contributed by atoms with Gasteiger partial charge in [-0.1, -0.05) is 5.16 Å². The Kier molecular flexibility index (Phi) is 3.66. The van der Waals surface area contributed by atoms with E-state index in [0.717, 1.165) is 17.0 Å². The van der Waals surface area contributed by atoms with E-state index in [0.29, 0.717) is 12.4 Å². The Morgan fingerprint density at radius 3 is 2.39 bits per heavy atom. The van der Waals surface area contributed by atoms with E-state index >= 15 is 0 Å². The smallest absolute Gasteiger partial charge is 0.168 e. The number of ether oxygens (including phenoxy) is 1. The predicted molar refractivity (Wildman–Crippen MR) is 65.3 cm³/mol. The Labute approximate surface area is 106 Å². The summed E-state index contributed by atoms with van der Waals surface area (Å²) in [6.07, 6.45) is 0. The zero-order valence-corrected chi connectivity index (χ0v) is 10.9. The molecule has 0 aliphatic carbocycles. The Morgan fingerprint density at radius 2 is 1.89 bits per heavy atom. The summed E-state index contributed by atoms with van der Waals surface area (Å²) < 4.78 is 32.0. The molecule has 0 bridgehead atoms. The molecule has 6 heteroatoms. The summed E-state index contributed by atoms with van der Waals surface area (Å²) in [7, 11) is -2.54. The molecule has 0 aliphatic heterocycles. The lowest BCUT2D eigenvalue weighted by molar-refractivity contribution is 0.301. The minimum atomic E-state index is -2.54. The first-order valence-electron chi connectivity index (χ1n) is 5.37. The molecule has 1 heterocycles. The van der Waals surface area contributed by atoms with Crippen LogP contribution in [0.4, 0.5) is 0 Å². The average Bonchev–Trinajstić information content (AvgIpc) is 2.67. The van der Waals surface area contributed by atoms with Gasteiger partial charge in [0.2, 0.25) is 0 Å². The van der Waals surface area contributed by atoms with Crippen LogP contribution in [-0.4, -0.2) is 13.6 Å². The first kappa shape index (κ1) is 12.6. The van der Waals surface area contributed by atoms with E-state index in [1.807, 2.05) is 13.8 Å². The molecule has 5 nitrogen and oxygen atoms in total. The van der Waals surface area contributed by atoms with Crippen molar-refractivity contribution in [3.8, 4) is 5.75 Å². The average molecular weight is 267 g/mol. The molecule has 96 valence electrons. The van der Waals surface area contributed by atoms with Crippen molar-refractivity contribution in [3.05, 3.63) is 41.3 Å². The molecule has 18 heavy (non-hydrogen) atoms. The largest absolute Gasteiger partial charge is 0.489 e. The summed E-state index contributed by atoms with van der Waals surface area (Å²) in [4.78, 5) is 0.273. The van der Waals surface area contributed by atoms with Crippen LogP contribution in [0.2, 0.25) is 0 Å². The highest BCUT2D eigenvalue weighted by Crippen LogP contribution is 2.18. The normalized spacial score (nSPS) is 10.8. The van der Waals surface area contributed by atoms with Gasteiger partial charge in [-0.3, -0.25) is 0 Å². The summed E-state index contributed by atoms with van der Waals surface area (Å²) in [5.74, 6) is 1.34. The van der Waals surface area contributed by atoms with Crippen LogP contribution in [0.25, 0.3) is 0 Å². The lowest BCUT2D eigenvalue weighted by Crippen LogP contribution is -1.97. The van der Waals surface area contributed by atoms with Crippen LogP contribution in [0.5, 0.6) is 5.75 Å². The molecule has 2 aromatic rings. The number of hydrogen-bond donors (Lipinski definition) is 1.